The summed E-state index contributed by atoms with van der Waals surface area (Å²) >= 11 is 0. The maximum atomic E-state index is 13.9. The van der Waals surface area contributed by atoms with Gasteiger partial charge in [-0.05, 0) is 74.2 Å². The van der Waals surface area contributed by atoms with E-state index < -0.39 is 12.8 Å². The summed E-state index contributed by atoms with van der Waals surface area (Å²) < 4.78 is 25.0. The van der Waals surface area contributed by atoms with Gasteiger partial charge in [-0.15, -0.1) is 0 Å². The Bertz CT molecular complexity index is 2880. The fourth-order valence-corrected chi connectivity index (χ4v) is 10.5. The second-order valence-corrected chi connectivity index (χ2v) is 18.8. The van der Waals surface area contributed by atoms with Crippen molar-refractivity contribution in [1.82, 2.24) is 40.4 Å². The SMILES string of the molecule is O=C(c1ccc2c(c1)OC(N1CCC(Nc3ncnc4cc(N5CCNCC5)c([N+](=O)[O-])cc34)CC1)O2)c1ccc2c(c1)OC(N1CCC(Nc3ncnc4cc(N5CCNCC5)c([N+](=O)[O-])cc34)CC1)O2. The standard InChI is InChI=1S/C49H52N14O9/c64-45(29-1-3-41-43(21-29)71-48(69-41)60-13-5-31(6-14-60)56-46-33-23-39(62(65)66)37(25-35(33)52-27-54-46)58-17-9-50-10-18-58)30-2-4-42-44(22-30)72-49(70-42)61-15-7-32(8-16-61)57-47-34-24-40(63(67)68)38(26-36(34)53-28-55-47)59-19-11-51-12-20-59/h1-4,21-28,31-32,48-51H,5-20H2,(H,52,54,56)(H,53,55,57). The molecule has 0 amide bonds. The van der Waals surface area contributed by atoms with Crippen molar-refractivity contribution in [2.24, 2.45) is 0 Å². The molecule has 4 aromatic carbocycles. The maximum Gasteiger partial charge on any atom is 0.305 e. The first-order valence-electron chi connectivity index (χ1n) is 24.5. The van der Waals surface area contributed by atoms with Crippen molar-refractivity contribution < 1.29 is 33.6 Å². The molecular formula is C49H52N14O9. The van der Waals surface area contributed by atoms with Crippen LogP contribution in [0.1, 0.15) is 41.6 Å². The number of ether oxygens (including phenoxy) is 4. The summed E-state index contributed by atoms with van der Waals surface area (Å²) in [5.74, 6) is 2.98. The van der Waals surface area contributed by atoms with Crippen molar-refractivity contribution in [3.05, 3.63) is 105 Å². The van der Waals surface area contributed by atoms with Crippen molar-refractivity contribution in [1.29, 1.82) is 0 Å². The Balaban J connectivity index is 0.638. The molecule has 8 heterocycles. The Hall–Kier alpha value is -7.73. The maximum absolute atomic E-state index is 13.9. The van der Waals surface area contributed by atoms with Crippen molar-refractivity contribution in [2.75, 3.05) is 99.0 Å². The van der Waals surface area contributed by atoms with E-state index in [4.69, 9.17) is 18.9 Å². The number of nitrogens with zero attached hydrogens (tertiary/aromatic N) is 10. The van der Waals surface area contributed by atoms with Crippen LogP contribution >= 0.6 is 0 Å². The zero-order chi connectivity index (χ0) is 48.9. The Morgan fingerprint density at radius 3 is 1.35 bits per heavy atom. The summed E-state index contributed by atoms with van der Waals surface area (Å²) in [5.41, 5.74) is 3.38. The summed E-state index contributed by atoms with van der Waals surface area (Å²) in [4.78, 5) is 63.8. The number of nitrogens with one attached hydrogen (secondary N) is 4. The van der Waals surface area contributed by atoms with E-state index >= 15 is 0 Å². The number of carbonyl (C=O) groups is 1. The van der Waals surface area contributed by atoms with Crippen LogP contribution in [0.15, 0.2) is 73.3 Å². The fraction of sp³-hybridized carbons (Fsp3) is 0.408. The van der Waals surface area contributed by atoms with Crippen LogP contribution in [0.25, 0.3) is 21.8 Å². The number of piperazine rings is 2. The van der Waals surface area contributed by atoms with Gasteiger partial charge in [-0.1, -0.05) is 0 Å². The molecule has 2 aromatic heterocycles. The fourth-order valence-electron chi connectivity index (χ4n) is 10.5. The molecule has 0 spiro atoms. The summed E-state index contributed by atoms with van der Waals surface area (Å²) in [5, 5.41) is 39.3. The second-order valence-electron chi connectivity index (χ2n) is 18.8. The molecular weight excluding hydrogens is 929 g/mol. The lowest BCUT2D eigenvalue weighted by Gasteiger charge is -2.34. The van der Waals surface area contributed by atoms with Gasteiger partial charge in [0, 0.05) is 125 Å². The molecule has 0 bridgehead atoms. The molecule has 12 rings (SSSR count). The minimum atomic E-state index is -0.660. The van der Waals surface area contributed by atoms with Crippen molar-refractivity contribution >= 4 is 62.0 Å². The molecule has 23 heteroatoms. The smallest absolute Gasteiger partial charge is 0.305 e. The summed E-state index contributed by atoms with van der Waals surface area (Å²) in [6, 6.07) is 17.3. The van der Waals surface area contributed by atoms with E-state index in [-0.39, 0.29) is 39.1 Å². The molecule has 0 radical (unpaired) electrons. The lowest BCUT2D eigenvalue weighted by molar-refractivity contribution is -0.384. The summed E-state index contributed by atoms with van der Waals surface area (Å²) in [6.45, 7) is 8.34. The van der Waals surface area contributed by atoms with E-state index in [1.165, 1.54) is 12.7 Å². The lowest BCUT2D eigenvalue weighted by atomic mass is 10.0. The number of aromatic nitrogens is 4. The van der Waals surface area contributed by atoms with Crippen LogP contribution < -0.4 is 50.0 Å². The van der Waals surface area contributed by atoms with Crippen LogP contribution in [0.5, 0.6) is 23.0 Å². The molecule has 0 saturated carbocycles. The van der Waals surface area contributed by atoms with E-state index in [9.17, 15) is 25.0 Å². The highest BCUT2D eigenvalue weighted by Gasteiger charge is 2.36. The number of nitro benzene ring substituents is 2. The molecule has 72 heavy (non-hydrogen) atoms. The molecule has 6 aromatic rings. The molecule has 4 N–H and O–H groups in total. The highest BCUT2D eigenvalue weighted by atomic mass is 16.7. The molecule has 2 atom stereocenters. The molecule has 6 aliphatic rings. The van der Waals surface area contributed by atoms with Crippen molar-refractivity contribution in [2.45, 2.75) is 50.6 Å². The third kappa shape index (κ3) is 8.88. The highest BCUT2D eigenvalue weighted by Crippen LogP contribution is 2.42. The topological polar surface area (TPSA) is 253 Å². The zero-order valence-corrected chi connectivity index (χ0v) is 39.2. The number of benzene rings is 4. The van der Waals surface area contributed by atoms with Gasteiger partial charge in [-0.2, -0.15) is 0 Å². The average Bonchev–Trinajstić information content (AvgIpc) is 4.06. The molecule has 23 nitrogen and oxygen atoms in total. The van der Waals surface area contributed by atoms with E-state index in [2.05, 4.69) is 51.0 Å². The molecule has 4 saturated heterocycles. The minimum absolute atomic E-state index is 0.0373. The lowest BCUT2D eigenvalue weighted by Crippen LogP contribution is -2.48. The van der Waals surface area contributed by atoms with E-state index in [0.29, 0.717) is 131 Å². The van der Waals surface area contributed by atoms with Gasteiger partial charge < -0.3 is 50.0 Å². The van der Waals surface area contributed by atoms with Crippen LogP contribution in [0, 0.1) is 20.2 Å². The van der Waals surface area contributed by atoms with Crippen LogP contribution in [-0.2, 0) is 0 Å². The summed E-state index contributed by atoms with van der Waals surface area (Å²) in [6.07, 6.45) is 4.63. The van der Waals surface area contributed by atoms with Gasteiger partial charge in [0.2, 0.25) is 0 Å². The van der Waals surface area contributed by atoms with Crippen LogP contribution in [0.2, 0.25) is 0 Å². The molecule has 4 fully saturated rings. The number of ketones is 1. The highest BCUT2D eigenvalue weighted by molar-refractivity contribution is 6.09. The van der Waals surface area contributed by atoms with Gasteiger partial charge in [0.1, 0.15) is 35.7 Å². The number of hydrogen-bond donors (Lipinski definition) is 4. The second kappa shape index (κ2) is 19.1. The first-order valence-corrected chi connectivity index (χ1v) is 24.5. The third-order valence-corrected chi connectivity index (χ3v) is 14.4. The molecule has 0 aliphatic carbocycles. The first-order chi connectivity index (χ1) is 35.2. The minimum Gasteiger partial charge on any atom is -0.438 e. The van der Waals surface area contributed by atoms with E-state index in [0.717, 1.165) is 51.9 Å². The van der Waals surface area contributed by atoms with Gasteiger partial charge in [0.15, 0.2) is 28.8 Å². The van der Waals surface area contributed by atoms with Crippen LogP contribution in [-0.4, -0.2) is 149 Å². The largest absolute Gasteiger partial charge is 0.438 e. The molecule has 6 aliphatic heterocycles. The number of hydrogen-bond acceptors (Lipinski definition) is 21. The van der Waals surface area contributed by atoms with Crippen LogP contribution in [0.3, 0.4) is 0 Å². The van der Waals surface area contributed by atoms with Crippen molar-refractivity contribution in [3.63, 3.8) is 0 Å². The molecule has 2 unspecified atom stereocenters. The third-order valence-electron chi connectivity index (χ3n) is 14.4. The number of rotatable bonds is 12. The summed E-state index contributed by atoms with van der Waals surface area (Å²) in [7, 11) is 0. The number of anilines is 4. The zero-order valence-electron chi connectivity index (χ0n) is 39.2. The monoisotopic (exact) mass is 980 g/mol. The predicted molar refractivity (Wildman–Crippen MR) is 265 cm³/mol. The Labute approximate surface area is 412 Å². The number of carbonyl (C=O) groups excluding carboxylic acids is 1. The Morgan fingerprint density at radius 2 is 0.944 bits per heavy atom. The van der Waals surface area contributed by atoms with E-state index in [1.54, 1.807) is 60.7 Å². The normalized spacial score (nSPS) is 20.8. The predicted octanol–water partition coefficient (Wildman–Crippen LogP) is 4.70. The number of fused-ring (bicyclic) bond motifs is 4. The van der Waals surface area contributed by atoms with Crippen LogP contribution in [0.4, 0.5) is 34.4 Å². The quantitative estimate of drug-likeness (QED) is 0.0736. The average molecular weight is 981 g/mol. The molecule has 372 valence electrons. The van der Waals surface area contributed by atoms with Gasteiger partial charge in [-0.25, -0.2) is 29.7 Å². The van der Waals surface area contributed by atoms with Gasteiger partial charge in [-0.3, -0.25) is 25.0 Å². The first kappa shape index (κ1) is 45.4. The van der Waals surface area contributed by atoms with E-state index in [1.807, 2.05) is 9.80 Å². The number of piperidine rings is 2. The van der Waals surface area contributed by atoms with Gasteiger partial charge in [0.25, 0.3) is 11.4 Å². The Morgan fingerprint density at radius 1 is 0.542 bits per heavy atom. The van der Waals surface area contributed by atoms with Crippen molar-refractivity contribution in [3.8, 4) is 23.0 Å². The number of nitro groups is 2. The van der Waals surface area contributed by atoms with Gasteiger partial charge in [0.05, 0.1) is 20.9 Å². The van der Waals surface area contributed by atoms with Gasteiger partial charge >= 0.3 is 12.8 Å². The number of likely N-dealkylation sites (tertiary alicyclic amines) is 2. The Kier molecular flexibility index (Phi) is 12.1.